The van der Waals surface area contributed by atoms with Crippen LogP contribution in [0.1, 0.15) is 29.3 Å². The molecule has 0 aliphatic rings. The lowest BCUT2D eigenvalue weighted by Crippen LogP contribution is -2.16. The van der Waals surface area contributed by atoms with Crippen LogP contribution < -0.4 is 5.32 Å². The number of Topliss-reactive ketones (excluding diaryl/α,β-unsaturated/α-hetero) is 1. The van der Waals surface area contributed by atoms with Crippen molar-refractivity contribution in [1.29, 1.82) is 0 Å². The number of esters is 1. The highest BCUT2D eigenvalue weighted by Crippen LogP contribution is 2.22. The topological polar surface area (TPSA) is 72.5 Å². The first-order chi connectivity index (χ1) is 12.4. The molecule has 0 saturated carbocycles. The smallest absolute Gasteiger partial charge is 0.310 e. The Hall–Kier alpha value is -2.37. The van der Waals surface area contributed by atoms with E-state index in [1.807, 2.05) is 0 Å². The Labute approximate surface area is 161 Å². The SMILES string of the molecule is CCC(=O)Nc1ccc(C(=O)COC(=O)Cc2ccc(Cl)c(Cl)c2)cc1. The summed E-state index contributed by atoms with van der Waals surface area (Å²) in [6, 6.07) is 11.2. The molecule has 2 aromatic carbocycles. The van der Waals surface area contributed by atoms with Crippen LogP contribution in [0.3, 0.4) is 0 Å². The first-order valence-electron chi connectivity index (χ1n) is 7.91. The number of hydrogen-bond acceptors (Lipinski definition) is 4. The molecule has 0 heterocycles. The molecular formula is C19H17Cl2NO4. The standard InChI is InChI=1S/C19H17Cl2NO4/c1-2-18(24)22-14-6-4-13(5-7-14)17(23)11-26-19(25)10-12-3-8-15(20)16(21)9-12/h3-9H,2,10-11H2,1H3,(H,22,24). The fourth-order valence-corrected chi connectivity index (χ4v) is 2.41. The summed E-state index contributed by atoms with van der Waals surface area (Å²) in [5, 5.41) is 3.44. The van der Waals surface area contributed by atoms with E-state index in [0.29, 0.717) is 33.3 Å². The Morgan fingerprint density at radius 3 is 2.31 bits per heavy atom. The van der Waals surface area contributed by atoms with Crippen molar-refractivity contribution in [1.82, 2.24) is 0 Å². The molecule has 5 nitrogen and oxygen atoms in total. The number of anilines is 1. The minimum atomic E-state index is -0.538. The van der Waals surface area contributed by atoms with E-state index in [1.54, 1.807) is 49.4 Å². The van der Waals surface area contributed by atoms with Crippen LogP contribution in [0.2, 0.25) is 10.0 Å². The summed E-state index contributed by atoms with van der Waals surface area (Å²) >= 11 is 11.7. The Kier molecular flexibility index (Phi) is 7.18. The molecule has 136 valence electrons. The third-order valence-corrected chi connectivity index (χ3v) is 4.25. The van der Waals surface area contributed by atoms with Gasteiger partial charge in [-0.25, -0.2) is 0 Å². The maximum absolute atomic E-state index is 12.1. The molecule has 7 heteroatoms. The number of nitrogens with one attached hydrogen (secondary N) is 1. The van der Waals surface area contributed by atoms with Gasteiger partial charge in [-0.15, -0.1) is 0 Å². The third-order valence-electron chi connectivity index (χ3n) is 3.51. The summed E-state index contributed by atoms with van der Waals surface area (Å²) in [7, 11) is 0. The first kappa shape index (κ1) is 19.9. The molecule has 0 aliphatic carbocycles. The molecule has 0 bridgehead atoms. The monoisotopic (exact) mass is 393 g/mol. The zero-order valence-corrected chi connectivity index (χ0v) is 15.6. The van der Waals surface area contributed by atoms with E-state index < -0.39 is 5.97 Å². The van der Waals surface area contributed by atoms with Gasteiger partial charge in [0.05, 0.1) is 16.5 Å². The second-order valence-corrected chi connectivity index (χ2v) is 6.30. The van der Waals surface area contributed by atoms with Crippen molar-refractivity contribution in [2.45, 2.75) is 19.8 Å². The lowest BCUT2D eigenvalue weighted by Gasteiger charge is -2.07. The molecule has 0 saturated heterocycles. The maximum Gasteiger partial charge on any atom is 0.310 e. The molecule has 0 atom stereocenters. The normalized spacial score (nSPS) is 10.3. The van der Waals surface area contributed by atoms with E-state index in [4.69, 9.17) is 27.9 Å². The van der Waals surface area contributed by atoms with Gasteiger partial charge in [0.25, 0.3) is 0 Å². The zero-order valence-electron chi connectivity index (χ0n) is 14.1. The molecule has 0 spiro atoms. The van der Waals surface area contributed by atoms with Crippen molar-refractivity contribution in [2.75, 3.05) is 11.9 Å². The molecule has 0 aromatic heterocycles. The molecule has 0 aliphatic heterocycles. The fraction of sp³-hybridized carbons (Fsp3) is 0.211. The Morgan fingerprint density at radius 2 is 1.69 bits per heavy atom. The molecule has 0 fully saturated rings. The van der Waals surface area contributed by atoms with E-state index in [9.17, 15) is 14.4 Å². The van der Waals surface area contributed by atoms with E-state index in [1.165, 1.54) is 0 Å². The maximum atomic E-state index is 12.1. The molecule has 26 heavy (non-hydrogen) atoms. The predicted octanol–water partition coefficient (Wildman–Crippen LogP) is 4.31. The molecule has 2 rings (SSSR count). The van der Waals surface area contributed by atoms with Crippen LogP contribution in [0, 0.1) is 0 Å². The number of carbonyl (C=O) groups is 3. The molecule has 0 unspecified atom stereocenters. The highest BCUT2D eigenvalue weighted by Gasteiger charge is 2.12. The average molecular weight is 394 g/mol. The molecule has 1 N–H and O–H groups in total. The van der Waals surface area contributed by atoms with Crippen molar-refractivity contribution in [3.63, 3.8) is 0 Å². The quantitative estimate of drug-likeness (QED) is 0.561. The molecule has 2 aromatic rings. The Balaban J connectivity index is 1.86. The Bertz CT molecular complexity index is 819. The summed E-state index contributed by atoms with van der Waals surface area (Å²) in [4.78, 5) is 35.3. The van der Waals surface area contributed by atoms with Crippen molar-refractivity contribution < 1.29 is 19.1 Å². The zero-order chi connectivity index (χ0) is 19.1. The molecular weight excluding hydrogens is 377 g/mol. The second kappa shape index (κ2) is 9.36. The number of hydrogen-bond donors (Lipinski definition) is 1. The van der Waals surface area contributed by atoms with Gasteiger partial charge < -0.3 is 10.1 Å². The van der Waals surface area contributed by atoms with Gasteiger partial charge in [0.1, 0.15) is 0 Å². The minimum Gasteiger partial charge on any atom is -0.457 e. The molecule has 0 radical (unpaired) electrons. The summed E-state index contributed by atoms with van der Waals surface area (Å²) < 4.78 is 5.01. The fourth-order valence-electron chi connectivity index (χ4n) is 2.09. The van der Waals surface area contributed by atoms with E-state index in [0.717, 1.165) is 0 Å². The van der Waals surface area contributed by atoms with E-state index in [2.05, 4.69) is 5.32 Å². The number of ketones is 1. The van der Waals surface area contributed by atoms with Gasteiger partial charge in [-0.1, -0.05) is 36.2 Å². The van der Waals surface area contributed by atoms with Crippen molar-refractivity contribution in [3.8, 4) is 0 Å². The number of carbonyl (C=O) groups excluding carboxylic acids is 3. The van der Waals surface area contributed by atoms with Crippen LogP contribution >= 0.6 is 23.2 Å². The van der Waals surface area contributed by atoms with Gasteiger partial charge >= 0.3 is 5.97 Å². The number of amides is 1. The first-order valence-corrected chi connectivity index (χ1v) is 8.67. The van der Waals surface area contributed by atoms with Gasteiger partial charge in [-0.2, -0.15) is 0 Å². The summed E-state index contributed by atoms with van der Waals surface area (Å²) in [6.07, 6.45) is 0.363. The van der Waals surface area contributed by atoms with E-state index >= 15 is 0 Å². The van der Waals surface area contributed by atoms with Gasteiger partial charge in [0.15, 0.2) is 12.4 Å². The minimum absolute atomic E-state index is 0.00778. The highest BCUT2D eigenvalue weighted by molar-refractivity contribution is 6.42. The number of benzene rings is 2. The average Bonchev–Trinajstić information content (AvgIpc) is 2.63. The van der Waals surface area contributed by atoms with Crippen LogP contribution in [0.15, 0.2) is 42.5 Å². The summed E-state index contributed by atoms with van der Waals surface area (Å²) in [5.74, 6) is -0.982. The Morgan fingerprint density at radius 1 is 1.00 bits per heavy atom. The van der Waals surface area contributed by atoms with Crippen LogP contribution in [-0.4, -0.2) is 24.3 Å². The molecule has 1 amide bonds. The van der Waals surface area contributed by atoms with Crippen molar-refractivity contribution >= 4 is 46.5 Å². The van der Waals surface area contributed by atoms with E-state index in [-0.39, 0.29) is 24.7 Å². The summed E-state index contributed by atoms with van der Waals surface area (Å²) in [5.41, 5.74) is 1.64. The summed E-state index contributed by atoms with van der Waals surface area (Å²) in [6.45, 7) is 1.39. The number of halogens is 2. The lowest BCUT2D eigenvalue weighted by molar-refractivity contribution is -0.141. The predicted molar refractivity (Wildman–Crippen MR) is 101 cm³/mol. The van der Waals surface area contributed by atoms with Gasteiger partial charge in [0, 0.05) is 17.7 Å². The highest BCUT2D eigenvalue weighted by atomic mass is 35.5. The van der Waals surface area contributed by atoms with Crippen molar-refractivity contribution in [2.24, 2.45) is 0 Å². The van der Waals surface area contributed by atoms with Gasteiger partial charge in [-0.3, -0.25) is 14.4 Å². The van der Waals surface area contributed by atoms with Crippen LogP contribution in [0.4, 0.5) is 5.69 Å². The lowest BCUT2D eigenvalue weighted by atomic mass is 10.1. The number of ether oxygens (including phenoxy) is 1. The van der Waals surface area contributed by atoms with Gasteiger partial charge in [0.2, 0.25) is 5.91 Å². The van der Waals surface area contributed by atoms with Crippen LogP contribution in [0.25, 0.3) is 0 Å². The second-order valence-electron chi connectivity index (χ2n) is 5.49. The number of rotatable bonds is 7. The van der Waals surface area contributed by atoms with Gasteiger partial charge in [-0.05, 0) is 42.0 Å². The van der Waals surface area contributed by atoms with Crippen LogP contribution in [-0.2, 0) is 20.7 Å². The van der Waals surface area contributed by atoms with Crippen molar-refractivity contribution in [3.05, 3.63) is 63.6 Å². The van der Waals surface area contributed by atoms with Crippen LogP contribution in [0.5, 0.6) is 0 Å². The third kappa shape index (κ3) is 5.86. The largest absolute Gasteiger partial charge is 0.457 e.